The second-order valence-electron chi connectivity index (χ2n) is 4.34. The van der Waals surface area contributed by atoms with Crippen molar-refractivity contribution < 1.29 is 4.79 Å². The predicted molar refractivity (Wildman–Crippen MR) is 58.4 cm³/mol. The molecule has 1 saturated heterocycles. The first-order valence-corrected chi connectivity index (χ1v) is 5.53. The molecule has 3 heteroatoms. The van der Waals surface area contributed by atoms with E-state index >= 15 is 0 Å². The van der Waals surface area contributed by atoms with Gasteiger partial charge in [-0.05, 0) is 20.9 Å². The molecule has 0 aromatic heterocycles. The zero-order valence-electron chi connectivity index (χ0n) is 9.79. The highest BCUT2D eigenvalue weighted by molar-refractivity contribution is 5.83. The van der Waals surface area contributed by atoms with Gasteiger partial charge in [0.2, 0.25) is 0 Å². The van der Waals surface area contributed by atoms with Crippen molar-refractivity contribution >= 4 is 5.78 Å². The molecular weight excluding hydrogens is 176 g/mol. The molecule has 1 aliphatic rings. The van der Waals surface area contributed by atoms with Gasteiger partial charge in [-0.25, -0.2) is 0 Å². The zero-order chi connectivity index (χ0) is 10.7. The average molecular weight is 198 g/mol. The third-order valence-electron chi connectivity index (χ3n) is 3.19. The second kappa shape index (κ2) is 4.89. The van der Waals surface area contributed by atoms with Gasteiger partial charge < -0.3 is 4.90 Å². The number of Topliss-reactive ketones (excluding diaryl/α,β-unsaturated/α-hetero) is 1. The summed E-state index contributed by atoms with van der Waals surface area (Å²) in [7, 11) is 2.14. The Labute approximate surface area is 87.1 Å². The minimum absolute atomic E-state index is 0.101. The van der Waals surface area contributed by atoms with Gasteiger partial charge in [0.05, 0.1) is 6.04 Å². The van der Waals surface area contributed by atoms with Crippen LogP contribution in [0.5, 0.6) is 0 Å². The fourth-order valence-corrected chi connectivity index (χ4v) is 2.21. The third kappa shape index (κ3) is 2.55. The summed E-state index contributed by atoms with van der Waals surface area (Å²) < 4.78 is 0. The highest BCUT2D eigenvalue weighted by Crippen LogP contribution is 2.13. The third-order valence-corrected chi connectivity index (χ3v) is 3.19. The second-order valence-corrected chi connectivity index (χ2v) is 4.34. The van der Waals surface area contributed by atoms with E-state index < -0.39 is 0 Å². The van der Waals surface area contributed by atoms with E-state index in [0.29, 0.717) is 18.2 Å². The molecular formula is C11H22N2O. The smallest absolute Gasteiger partial charge is 0.149 e. The van der Waals surface area contributed by atoms with Crippen molar-refractivity contribution in [1.29, 1.82) is 0 Å². The zero-order valence-corrected chi connectivity index (χ0v) is 9.79. The maximum Gasteiger partial charge on any atom is 0.149 e. The standard InChI is InChI=1S/C11H22N2O/c1-5-11(14)10(3)13-7-6-12(4)8-9(13)2/h9-10H,5-8H2,1-4H3. The number of ketones is 1. The summed E-state index contributed by atoms with van der Waals surface area (Å²) in [6.45, 7) is 9.35. The topological polar surface area (TPSA) is 23.6 Å². The van der Waals surface area contributed by atoms with E-state index in [9.17, 15) is 4.79 Å². The molecule has 1 fully saturated rings. The Hall–Kier alpha value is -0.410. The van der Waals surface area contributed by atoms with Crippen LogP contribution < -0.4 is 0 Å². The van der Waals surface area contributed by atoms with E-state index in [-0.39, 0.29) is 6.04 Å². The van der Waals surface area contributed by atoms with Crippen LogP contribution in [0.2, 0.25) is 0 Å². The SMILES string of the molecule is CCC(=O)C(C)N1CCN(C)CC1C. The molecule has 3 nitrogen and oxygen atoms in total. The fourth-order valence-electron chi connectivity index (χ4n) is 2.21. The van der Waals surface area contributed by atoms with Crippen LogP contribution in [0.1, 0.15) is 27.2 Å². The molecule has 0 bridgehead atoms. The average Bonchev–Trinajstić information content (AvgIpc) is 2.15. The summed E-state index contributed by atoms with van der Waals surface area (Å²) in [6.07, 6.45) is 0.653. The Morgan fingerprint density at radius 1 is 1.50 bits per heavy atom. The van der Waals surface area contributed by atoms with E-state index in [4.69, 9.17) is 0 Å². The lowest BCUT2D eigenvalue weighted by Gasteiger charge is -2.41. The predicted octanol–water partition coefficient (Wildman–Crippen LogP) is 0.990. The van der Waals surface area contributed by atoms with Crippen LogP contribution in [0.25, 0.3) is 0 Å². The Morgan fingerprint density at radius 3 is 2.64 bits per heavy atom. The summed E-state index contributed by atoms with van der Waals surface area (Å²) in [5, 5.41) is 0. The Morgan fingerprint density at radius 2 is 2.14 bits per heavy atom. The minimum atomic E-state index is 0.101. The molecule has 0 radical (unpaired) electrons. The summed E-state index contributed by atoms with van der Waals surface area (Å²) in [4.78, 5) is 16.2. The number of rotatable bonds is 3. The lowest BCUT2D eigenvalue weighted by Crippen LogP contribution is -2.55. The normalized spacial score (nSPS) is 27.6. The van der Waals surface area contributed by atoms with Crippen molar-refractivity contribution in [1.82, 2.24) is 9.80 Å². The molecule has 0 N–H and O–H groups in total. The molecule has 0 spiro atoms. The lowest BCUT2D eigenvalue weighted by atomic mass is 10.1. The number of piperazine rings is 1. The minimum Gasteiger partial charge on any atom is -0.304 e. The quantitative estimate of drug-likeness (QED) is 0.675. The van der Waals surface area contributed by atoms with Crippen LogP contribution in [0.15, 0.2) is 0 Å². The number of carbonyl (C=O) groups is 1. The van der Waals surface area contributed by atoms with Gasteiger partial charge in [0.25, 0.3) is 0 Å². The van der Waals surface area contributed by atoms with Crippen molar-refractivity contribution in [2.45, 2.75) is 39.3 Å². The Balaban J connectivity index is 2.55. The lowest BCUT2D eigenvalue weighted by molar-refractivity contribution is -0.125. The van der Waals surface area contributed by atoms with Crippen molar-refractivity contribution in [2.75, 3.05) is 26.7 Å². The molecule has 1 heterocycles. The van der Waals surface area contributed by atoms with Crippen LogP contribution in [0, 0.1) is 0 Å². The van der Waals surface area contributed by atoms with Gasteiger partial charge in [-0.15, -0.1) is 0 Å². The molecule has 2 unspecified atom stereocenters. The molecule has 0 aromatic rings. The van der Waals surface area contributed by atoms with Gasteiger partial charge in [-0.1, -0.05) is 6.92 Å². The maximum absolute atomic E-state index is 11.6. The van der Waals surface area contributed by atoms with Gasteiger partial charge in [0.1, 0.15) is 5.78 Å². The Bertz CT molecular complexity index is 205. The fraction of sp³-hybridized carbons (Fsp3) is 0.909. The van der Waals surface area contributed by atoms with Crippen molar-refractivity contribution in [3.8, 4) is 0 Å². The summed E-state index contributed by atoms with van der Waals surface area (Å²) >= 11 is 0. The molecule has 1 aliphatic heterocycles. The number of hydrogen-bond donors (Lipinski definition) is 0. The highest BCUT2D eigenvalue weighted by atomic mass is 16.1. The molecule has 1 rings (SSSR count). The van der Waals surface area contributed by atoms with E-state index in [1.54, 1.807) is 0 Å². The maximum atomic E-state index is 11.6. The molecule has 0 aromatic carbocycles. The van der Waals surface area contributed by atoms with Gasteiger partial charge in [-0.3, -0.25) is 9.69 Å². The van der Waals surface area contributed by atoms with Gasteiger partial charge in [0.15, 0.2) is 0 Å². The van der Waals surface area contributed by atoms with Crippen LogP contribution in [-0.4, -0.2) is 54.3 Å². The van der Waals surface area contributed by atoms with Crippen LogP contribution >= 0.6 is 0 Å². The molecule has 14 heavy (non-hydrogen) atoms. The van der Waals surface area contributed by atoms with Crippen LogP contribution in [0.4, 0.5) is 0 Å². The van der Waals surface area contributed by atoms with Crippen LogP contribution in [0.3, 0.4) is 0 Å². The first kappa shape index (κ1) is 11.7. The molecule has 0 aliphatic carbocycles. The first-order valence-electron chi connectivity index (χ1n) is 5.53. The van der Waals surface area contributed by atoms with Crippen LogP contribution in [-0.2, 0) is 4.79 Å². The van der Waals surface area contributed by atoms with Gasteiger partial charge >= 0.3 is 0 Å². The highest BCUT2D eigenvalue weighted by Gasteiger charge is 2.28. The van der Waals surface area contributed by atoms with Crippen molar-refractivity contribution in [2.24, 2.45) is 0 Å². The monoisotopic (exact) mass is 198 g/mol. The Kier molecular flexibility index (Phi) is 4.08. The number of likely N-dealkylation sites (N-methyl/N-ethyl adjacent to an activating group) is 1. The molecule has 82 valence electrons. The molecule has 2 atom stereocenters. The summed E-state index contributed by atoms with van der Waals surface area (Å²) in [5.41, 5.74) is 0. The number of hydrogen-bond acceptors (Lipinski definition) is 3. The largest absolute Gasteiger partial charge is 0.304 e. The number of nitrogens with zero attached hydrogens (tertiary/aromatic N) is 2. The summed E-state index contributed by atoms with van der Waals surface area (Å²) in [5.74, 6) is 0.362. The summed E-state index contributed by atoms with van der Waals surface area (Å²) in [6, 6.07) is 0.600. The first-order chi connectivity index (χ1) is 6.56. The van der Waals surface area contributed by atoms with Crippen molar-refractivity contribution in [3.63, 3.8) is 0 Å². The van der Waals surface area contributed by atoms with E-state index in [0.717, 1.165) is 19.6 Å². The van der Waals surface area contributed by atoms with Crippen molar-refractivity contribution in [3.05, 3.63) is 0 Å². The van der Waals surface area contributed by atoms with E-state index in [1.807, 2.05) is 13.8 Å². The van der Waals surface area contributed by atoms with E-state index in [1.165, 1.54) is 0 Å². The molecule has 0 amide bonds. The van der Waals surface area contributed by atoms with Gasteiger partial charge in [-0.2, -0.15) is 0 Å². The van der Waals surface area contributed by atoms with Gasteiger partial charge in [0, 0.05) is 32.1 Å². The molecule has 0 saturated carbocycles. The number of carbonyl (C=O) groups excluding carboxylic acids is 1. The van der Waals surface area contributed by atoms with E-state index in [2.05, 4.69) is 23.8 Å².